The van der Waals surface area contributed by atoms with Crippen LogP contribution in [-0.2, 0) is 9.47 Å². The lowest BCUT2D eigenvalue weighted by atomic mass is 9.90. The zero-order chi connectivity index (χ0) is 21.9. The first kappa shape index (κ1) is 23.2. The second-order valence-electron chi connectivity index (χ2n) is 8.14. The molecular weight excluding hydrogens is 406 g/mol. The molecule has 0 radical (unpaired) electrons. The van der Waals surface area contributed by atoms with Gasteiger partial charge in [0.15, 0.2) is 5.82 Å². The van der Waals surface area contributed by atoms with E-state index in [1.165, 1.54) is 0 Å². The summed E-state index contributed by atoms with van der Waals surface area (Å²) in [4.78, 5) is 25.5. The van der Waals surface area contributed by atoms with Crippen molar-refractivity contribution in [1.29, 1.82) is 0 Å². The van der Waals surface area contributed by atoms with E-state index in [0.29, 0.717) is 25.9 Å². The molecule has 0 bridgehead atoms. The zero-order valence-electron chi connectivity index (χ0n) is 17.3. The second-order valence-corrected chi connectivity index (χ2v) is 8.52. The molecule has 0 saturated carbocycles. The molecule has 1 amide bonds. The Morgan fingerprint density at radius 1 is 1.28 bits per heavy atom. The summed E-state index contributed by atoms with van der Waals surface area (Å²) in [6.45, 7) is 8.25. The number of nitrogens with one attached hydrogen (secondary N) is 1. The van der Waals surface area contributed by atoms with E-state index < -0.39 is 33.8 Å². The van der Waals surface area contributed by atoms with Crippen LogP contribution in [0.3, 0.4) is 0 Å². The summed E-state index contributed by atoms with van der Waals surface area (Å²) in [5.74, 6) is -2.77. The fraction of sp³-hybridized carbons (Fsp3) is 0.600. The van der Waals surface area contributed by atoms with E-state index in [4.69, 9.17) is 16.3 Å². The van der Waals surface area contributed by atoms with Crippen LogP contribution in [0, 0.1) is 17.6 Å². The molecular formula is C20H27ClF2N2O4. The number of piperidine rings is 1. The first-order chi connectivity index (χ1) is 13.4. The standard InChI is InChI=1S/C20H27ClF2N2O4/c1-11(12-6-8-25(9-7-12)19(27)29-20(2,3)4)24-17-15(21)14(22)10-13(16(17)23)18(26)28-5/h10-12,24H,6-9H2,1-5H3. The minimum atomic E-state index is -0.987. The van der Waals surface area contributed by atoms with Gasteiger partial charge in [0.1, 0.15) is 22.0 Å². The Kier molecular flexibility index (Phi) is 7.32. The van der Waals surface area contributed by atoms with Gasteiger partial charge in [0.25, 0.3) is 0 Å². The molecule has 1 unspecified atom stereocenters. The van der Waals surface area contributed by atoms with Gasteiger partial charge >= 0.3 is 12.1 Å². The number of ether oxygens (including phenoxy) is 2. The number of hydrogen-bond acceptors (Lipinski definition) is 5. The molecule has 6 nitrogen and oxygen atoms in total. The van der Waals surface area contributed by atoms with E-state index in [1.807, 2.05) is 27.7 Å². The zero-order valence-corrected chi connectivity index (χ0v) is 18.0. The number of likely N-dealkylation sites (tertiary alicyclic amines) is 1. The predicted molar refractivity (Wildman–Crippen MR) is 106 cm³/mol. The number of anilines is 1. The Morgan fingerprint density at radius 2 is 1.86 bits per heavy atom. The van der Waals surface area contributed by atoms with Crippen molar-refractivity contribution in [2.24, 2.45) is 5.92 Å². The van der Waals surface area contributed by atoms with E-state index in [9.17, 15) is 18.4 Å². The lowest BCUT2D eigenvalue weighted by Gasteiger charge is -2.36. The van der Waals surface area contributed by atoms with Crippen molar-refractivity contribution in [2.75, 3.05) is 25.5 Å². The maximum atomic E-state index is 14.7. The molecule has 0 spiro atoms. The van der Waals surface area contributed by atoms with Crippen LogP contribution < -0.4 is 5.32 Å². The van der Waals surface area contributed by atoms with Crippen molar-refractivity contribution >= 4 is 29.4 Å². The summed E-state index contributed by atoms with van der Waals surface area (Å²) >= 11 is 5.93. The highest BCUT2D eigenvalue weighted by molar-refractivity contribution is 6.33. The molecule has 1 atom stereocenters. The lowest BCUT2D eigenvalue weighted by molar-refractivity contribution is 0.0179. The molecule has 2 rings (SSSR count). The average molecular weight is 433 g/mol. The van der Waals surface area contributed by atoms with Crippen molar-refractivity contribution < 1.29 is 27.8 Å². The van der Waals surface area contributed by atoms with Crippen molar-refractivity contribution in [2.45, 2.75) is 52.2 Å². The van der Waals surface area contributed by atoms with Gasteiger partial charge in [-0.3, -0.25) is 0 Å². The number of amides is 1. The molecule has 1 aromatic rings. The third-order valence-corrected chi connectivity index (χ3v) is 5.20. The first-order valence-electron chi connectivity index (χ1n) is 9.45. The van der Waals surface area contributed by atoms with Gasteiger partial charge in [-0.2, -0.15) is 0 Å². The van der Waals surface area contributed by atoms with Gasteiger partial charge in [-0.05, 0) is 52.5 Å². The number of hydrogen-bond donors (Lipinski definition) is 1. The SMILES string of the molecule is COC(=O)c1cc(F)c(Cl)c(NC(C)C2CCN(C(=O)OC(C)(C)C)CC2)c1F. The maximum Gasteiger partial charge on any atom is 0.410 e. The summed E-state index contributed by atoms with van der Waals surface area (Å²) in [6, 6.07) is 0.452. The minimum absolute atomic E-state index is 0.0917. The van der Waals surface area contributed by atoms with Crippen molar-refractivity contribution in [3.05, 3.63) is 28.3 Å². The third-order valence-electron chi connectivity index (χ3n) is 4.83. The Balaban J connectivity index is 2.07. The van der Waals surface area contributed by atoms with Gasteiger partial charge in [-0.15, -0.1) is 0 Å². The summed E-state index contributed by atoms with van der Waals surface area (Å²) in [6.07, 6.45) is 0.955. The van der Waals surface area contributed by atoms with Crippen LogP contribution in [0.15, 0.2) is 6.07 Å². The number of carbonyl (C=O) groups is 2. The molecule has 0 aromatic heterocycles. The largest absolute Gasteiger partial charge is 0.465 e. The van der Waals surface area contributed by atoms with E-state index >= 15 is 0 Å². The molecule has 1 fully saturated rings. The van der Waals surface area contributed by atoms with Crippen molar-refractivity contribution in [1.82, 2.24) is 4.90 Å². The van der Waals surface area contributed by atoms with E-state index in [-0.39, 0.29) is 23.7 Å². The van der Waals surface area contributed by atoms with Crippen molar-refractivity contribution in [3.8, 4) is 0 Å². The number of nitrogens with zero attached hydrogens (tertiary/aromatic N) is 1. The number of rotatable bonds is 4. The minimum Gasteiger partial charge on any atom is -0.465 e. The van der Waals surface area contributed by atoms with Gasteiger partial charge < -0.3 is 19.7 Å². The molecule has 1 aliphatic heterocycles. The molecule has 29 heavy (non-hydrogen) atoms. The van der Waals surface area contributed by atoms with Crippen molar-refractivity contribution in [3.63, 3.8) is 0 Å². The summed E-state index contributed by atoms with van der Waals surface area (Å²) in [5, 5.41) is 2.48. The fourth-order valence-electron chi connectivity index (χ4n) is 3.24. The van der Waals surface area contributed by atoms with Gasteiger partial charge in [-0.25, -0.2) is 18.4 Å². The Bertz CT molecular complexity index is 775. The quantitative estimate of drug-likeness (QED) is 0.544. The summed E-state index contributed by atoms with van der Waals surface area (Å²) in [5.41, 5.74) is -1.36. The number of benzene rings is 1. The van der Waals surface area contributed by atoms with Crippen LogP contribution in [0.5, 0.6) is 0 Å². The van der Waals surface area contributed by atoms with Crippen LogP contribution >= 0.6 is 11.6 Å². The highest BCUT2D eigenvalue weighted by atomic mass is 35.5. The lowest BCUT2D eigenvalue weighted by Crippen LogP contribution is -2.44. The second kappa shape index (κ2) is 9.15. The molecule has 1 saturated heterocycles. The van der Waals surface area contributed by atoms with Crippen LogP contribution in [0.2, 0.25) is 5.02 Å². The van der Waals surface area contributed by atoms with Gasteiger partial charge in [0.05, 0.1) is 12.8 Å². The number of halogens is 3. The predicted octanol–water partition coefficient (Wildman–Crippen LogP) is 4.85. The van der Waals surface area contributed by atoms with Crippen LogP contribution in [0.4, 0.5) is 19.3 Å². The highest BCUT2D eigenvalue weighted by Gasteiger charge is 2.30. The van der Waals surface area contributed by atoms with Crippen LogP contribution in [0.25, 0.3) is 0 Å². The van der Waals surface area contributed by atoms with Crippen LogP contribution in [-0.4, -0.2) is 48.8 Å². The molecule has 9 heteroatoms. The van der Waals surface area contributed by atoms with Gasteiger partial charge in [0.2, 0.25) is 0 Å². The molecule has 1 aromatic carbocycles. The molecule has 1 N–H and O–H groups in total. The van der Waals surface area contributed by atoms with Crippen LogP contribution in [0.1, 0.15) is 50.9 Å². The topological polar surface area (TPSA) is 67.9 Å². The maximum absolute atomic E-state index is 14.7. The number of carbonyl (C=O) groups excluding carboxylic acids is 2. The molecule has 1 aliphatic rings. The fourth-order valence-corrected chi connectivity index (χ4v) is 3.44. The van der Waals surface area contributed by atoms with E-state index in [0.717, 1.165) is 13.2 Å². The molecule has 0 aliphatic carbocycles. The number of methoxy groups -OCH3 is 1. The first-order valence-corrected chi connectivity index (χ1v) is 9.82. The highest BCUT2D eigenvalue weighted by Crippen LogP contribution is 2.33. The van der Waals surface area contributed by atoms with Gasteiger partial charge in [-0.1, -0.05) is 11.6 Å². The third kappa shape index (κ3) is 5.72. The monoisotopic (exact) mass is 432 g/mol. The van der Waals surface area contributed by atoms with E-state index in [1.54, 1.807) is 4.90 Å². The molecule has 1 heterocycles. The Labute approximate surface area is 174 Å². The normalized spacial score (nSPS) is 16.3. The van der Waals surface area contributed by atoms with E-state index in [2.05, 4.69) is 10.1 Å². The number of esters is 1. The Hall–Kier alpha value is -2.09. The summed E-state index contributed by atoms with van der Waals surface area (Å²) in [7, 11) is 1.09. The summed E-state index contributed by atoms with van der Waals surface area (Å²) < 4.78 is 38.7. The Morgan fingerprint density at radius 3 is 2.38 bits per heavy atom. The average Bonchev–Trinajstić information content (AvgIpc) is 2.66. The smallest absolute Gasteiger partial charge is 0.410 e. The molecule has 162 valence electrons. The van der Waals surface area contributed by atoms with Gasteiger partial charge in [0, 0.05) is 19.1 Å².